The fraction of sp³-hybridized carbons (Fsp3) is 0.636. The lowest BCUT2D eigenvalue weighted by Gasteiger charge is -2.36. The van der Waals surface area contributed by atoms with E-state index in [4.69, 9.17) is 11.5 Å². The van der Waals surface area contributed by atoms with Crippen LogP contribution in [0, 0.1) is 18.3 Å². The molecule has 2 heteroatoms. The first-order chi connectivity index (χ1) is 6.14. The van der Waals surface area contributed by atoms with Gasteiger partial charge in [-0.3, -0.25) is 0 Å². The molecule has 0 amide bonds. The van der Waals surface area contributed by atoms with Gasteiger partial charge in [-0.15, -0.1) is 6.42 Å². The van der Waals surface area contributed by atoms with E-state index in [9.17, 15) is 5.11 Å². The smallest absolute Gasteiger partial charge is 0.131 e. The number of aliphatic hydroxyl groups excluding tert-OH is 1. The maximum absolute atomic E-state index is 10.0. The van der Waals surface area contributed by atoms with E-state index in [0.717, 1.165) is 19.3 Å². The minimum absolute atomic E-state index is 0.0886. The van der Waals surface area contributed by atoms with Crippen LogP contribution in [0.4, 0.5) is 0 Å². The van der Waals surface area contributed by atoms with Crippen molar-refractivity contribution < 1.29 is 10.2 Å². The van der Waals surface area contributed by atoms with Crippen LogP contribution < -0.4 is 0 Å². The summed E-state index contributed by atoms with van der Waals surface area (Å²) >= 11 is 0. The maximum Gasteiger partial charge on any atom is 0.131 e. The van der Waals surface area contributed by atoms with Crippen LogP contribution in [0.25, 0.3) is 0 Å². The molecule has 1 rings (SSSR count). The van der Waals surface area contributed by atoms with Gasteiger partial charge in [0.1, 0.15) is 5.60 Å². The summed E-state index contributed by atoms with van der Waals surface area (Å²) < 4.78 is 0. The molecule has 0 aliphatic heterocycles. The van der Waals surface area contributed by atoms with Crippen LogP contribution in [0.3, 0.4) is 0 Å². The van der Waals surface area contributed by atoms with Crippen LogP contribution >= 0.6 is 0 Å². The maximum atomic E-state index is 10.0. The number of hydrogen-bond donors (Lipinski definition) is 2. The molecular formula is C11H16O2. The Morgan fingerprint density at radius 3 is 2.85 bits per heavy atom. The molecule has 0 saturated heterocycles. The molecule has 0 spiro atoms. The molecule has 2 atom stereocenters. The summed E-state index contributed by atoms with van der Waals surface area (Å²) in [6, 6.07) is 0. The van der Waals surface area contributed by atoms with Crippen molar-refractivity contribution in [2.24, 2.45) is 5.92 Å². The topological polar surface area (TPSA) is 40.5 Å². The van der Waals surface area contributed by atoms with Gasteiger partial charge < -0.3 is 10.2 Å². The Morgan fingerprint density at radius 1 is 1.62 bits per heavy atom. The van der Waals surface area contributed by atoms with Crippen molar-refractivity contribution in [3.05, 3.63) is 12.2 Å². The van der Waals surface area contributed by atoms with E-state index >= 15 is 0 Å². The Kier molecular flexibility index (Phi) is 3.13. The first-order valence-corrected chi connectivity index (χ1v) is 4.62. The molecule has 72 valence electrons. The number of hydrogen-bond acceptors (Lipinski definition) is 2. The first kappa shape index (κ1) is 10.3. The van der Waals surface area contributed by atoms with E-state index in [0.29, 0.717) is 12.0 Å². The monoisotopic (exact) mass is 180 g/mol. The zero-order chi connectivity index (χ0) is 9.90. The molecule has 0 radical (unpaired) electrons. The largest absolute Gasteiger partial charge is 0.392 e. The van der Waals surface area contributed by atoms with Crippen LogP contribution in [-0.2, 0) is 0 Å². The molecule has 1 aliphatic rings. The van der Waals surface area contributed by atoms with Gasteiger partial charge in [-0.25, -0.2) is 0 Å². The predicted molar refractivity (Wildman–Crippen MR) is 52.0 cm³/mol. The lowest BCUT2D eigenvalue weighted by atomic mass is 9.72. The lowest BCUT2D eigenvalue weighted by molar-refractivity contribution is 0.0165. The fourth-order valence-electron chi connectivity index (χ4n) is 1.98. The highest BCUT2D eigenvalue weighted by molar-refractivity contribution is 5.20. The number of terminal acetylenes is 1. The van der Waals surface area contributed by atoms with Gasteiger partial charge >= 0.3 is 0 Å². The molecule has 2 nitrogen and oxygen atoms in total. The van der Waals surface area contributed by atoms with Crippen molar-refractivity contribution in [2.75, 3.05) is 6.61 Å². The van der Waals surface area contributed by atoms with Crippen molar-refractivity contribution >= 4 is 0 Å². The minimum atomic E-state index is -1.07. The van der Waals surface area contributed by atoms with Crippen LogP contribution in [0.2, 0.25) is 0 Å². The highest BCUT2D eigenvalue weighted by atomic mass is 16.3. The van der Waals surface area contributed by atoms with E-state index in [1.807, 2.05) is 0 Å². The molecule has 1 fully saturated rings. The Bertz CT molecular complexity index is 239. The van der Waals surface area contributed by atoms with E-state index in [-0.39, 0.29) is 12.5 Å². The second-order valence-electron chi connectivity index (χ2n) is 3.68. The Hall–Kier alpha value is -0.780. The molecule has 0 aromatic rings. The van der Waals surface area contributed by atoms with E-state index < -0.39 is 5.60 Å². The summed E-state index contributed by atoms with van der Waals surface area (Å²) in [5.41, 5.74) is -0.418. The summed E-state index contributed by atoms with van der Waals surface area (Å²) in [6.07, 6.45) is 8.75. The average Bonchev–Trinajstić information content (AvgIpc) is 2.17. The highest BCUT2D eigenvalue weighted by Gasteiger charge is 2.38. The van der Waals surface area contributed by atoms with Crippen LogP contribution in [0.1, 0.15) is 25.7 Å². The Labute approximate surface area is 79.3 Å². The summed E-state index contributed by atoms with van der Waals surface area (Å²) in [4.78, 5) is 0. The highest BCUT2D eigenvalue weighted by Crippen LogP contribution is 2.37. The number of rotatable bonds is 2. The molecule has 0 bridgehead atoms. The van der Waals surface area contributed by atoms with Crippen molar-refractivity contribution in [1.82, 2.24) is 0 Å². The SMILES string of the molecule is C#CC1(O)CCCCC1C(=C)CO. The van der Waals surface area contributed by atoms with Crippen LogP contribution in [-0.4, -0.2) is 22.4 Å². The molecule has 1 saturated carbocycles. The van der Waals surface area contributed by atoms with Crippen LogP contribution in [0.5, 0.6) is 0 Å². The van der Waals surface area contributed by atoms with Gasteiger partial charge in [-0.1, -0.05) is 18.9 Å². The predicted octanol–water partition coefficient (Wildman–Crippen LogP) is 1.09. The standard InChI is InChI=1S/C11H16O2/c1-3-11(13)7-5-4-6-10(11)9(2)8-12/h1,10,12-13H,2,4-8H2. The second kappa shape index (κ2) is 3.95. The zero-order valence-electron chi connectivity index (χ0n) is 7.79. The average molecular weight is 180 g/mol. The zero-order valence-corrected chi connectivity index (χ0v) is 7.79. The molecule has 0 aromatic heterocycles. The molecular weight excluding hydrogens is 164 g/mol. The molecule has 0 aromatic carbocycles. The minimum Gasteiger partial charge on any atom is -0.392 e. The second-order valence-corrected chi connectivity index (χ2v) is 3.68. The fourth-order valence-corrected chi connectivity index (χ4v) is 1.98. The molecule has 0 heterocycles. The van der Waals surface area contributed by atoms with Gasteiger partial charge in [0.2, 0.25) is 0 Å². The first-order valence-electron chi connectivity index (χ1n) is 4.62. The molecule has 2 N–H and O–H groups in total. The van der Waals surface area contributed by atoms with Gasteiger partial charge in [-0.05, 0) is 24.8 Å². The summed E-state index contributed by atoms with van der Waals surface area (Å²) in [6.45, 7) is 3.65. The van der Waals surface area contributed by atoms with E-state index in [1.54, 1.807) is 0 Å². The summed E-state index contributed by atoms with van der Waals surface area (Å²) in [7, 11) is 0. The summed E-state index contributed by atoms with van der Waals surface area (Å²) in [5, 5.41) is 19.0. The van der Waals surface area contributed by atoms with Crippen molar-refractivity contribution in [3.8, 4) is 12.3 Å². The van der Waals surface area contributed by atoms with Gasteiger partial charge in [0, 0.05) is 5.92 Å². The van der Waals surface area contributed by atoms with Crippen molar-refractivity contribution in [3.63, 3.8) is 0 Å². The third-order valence-electron chi connectivity index (χ3n) is 2.82. The van der Waals surface area contributed by atoms with Crippen LogP contribution in [0.15, 0.2) is 12.2 Å². The Balaban J connectivity index is 2.80. The van der Waals surface area contributed by atoms with Gasteiger partial charge in [0.05, 0.1) is 6.61 Å². The quantitative estimate of drug-likeness (QED) is 0.493. The van der Waals surface area contributed by atoms with Gasteiger partial charge in [-0.2, -0.15) is 0 Å². The Morgan fingerprint density at radius 2 is 2.31 bits per heavy atom. The van der Waals surface area contributed by atoms with Crippen molar-refractivity contribution in [1.29, 1.82) is 0 Å². The van der Waals surface area contributed by atoms with Gasteiger partial charge in [0.25, 0.3) is 0 Å². The molecule has 2 unspecified atom stereocenters. The lowest BCUT2D eigenvalue weighted by Crippen LogP contribution is -2.40. The van der Waals surface area contributed by atoms with Crippen molar-refractivity contribution in [2.45, 2.75) is 31.3 Å². The van der Waals surface area contributed by atoms with E-state index in [2.05, 4.69) is 12.5 Å². The van der Waals surface area contributed by atoms with Gasteiger partial charge in [0.15, 0.2) is 0 Å². The third-order valence-corrected chi connectivity index (χ3v) is 2.82. The normalized spacial score (nSPS) is 33.8. The molecule has 13 heavy (non-hydrogen) atoms. The third kappa shape index (κ3) is 1.93. The van der Waals surface area contributed by atoms with E-state index in [1.165, 1.54) is 0 Å². The summed E-state index contributed by atoms with van der Waals surface area (Å²) in [5.74, 6) is 2.30. The molecule has 1 aliphatic carbocycles. The number of aliphatic hydroxyl groups is 2.